The summed E-state index contributed by atoms with van der Waals surface area (Å²) in [5.74, 6) is 0. The predicted molar refractivity (Wildman–Crippen MR) is 51.5 cm³/mol. The predicted octanol–water partition coefficient (Wildman–Crippen LogP) is -0.207. The first-order chi connectivity index (χ1) is 6.20. The van der Waals surface area contributed by atoms with E-state index < -0.39 is 7.12 Å². The zero-order valence-electron chi connectivity index (χ0n) is 7.47. The number of rotatable bonds is 1. The van der Waals surface area contributed by atoms with Crippen LogP contribution in [0.25, 0.3) is 0 Å². The topological polar surface area (TPSA) is 55.5 Å². The standard InChI is InChI=1S/C9H12BNO2/c1-6(11)9-7-4-2-3-5-8(7)10(12)13-9/h2-6,9,12H,11H2,1H3/t6-,9?/m0/s1. The van der Waals surface area contributed by atoms with Gasteiger partial charge < -0.3 is 15.4 Å². The summed E-state index contributed by atoms with van der Waals surface area (Å²) in [5.41, 5.74) is 7.58. The molecule has 0 saturated carbocycles. The molecular weight excluding hydrogens is 165 g/mol. The summed E-state index contributed by atoms with van der Waals surface area (Å²) in [5, 5.41) is 9.52. The Bertz CT molecular complexity index is 316. The van der Waals surface area contributed by atoms with Gasteiger partial charge in [0.25, 0.3) is 0 Å². The van der Waals surface area contributed by atoms with Crippen molar-refractivity contribution in [3.05, 3.63) is 29.8 Å². The lowest BCUT2D eigenvalue weighted by Crippen LogP contribution is -2.28. The maximum atomic E-state index is 9.52. The number of fused-ring (bicyclic) bond motifs is 1. The zero-order chi connectivity index (χ0) is 9.42. The second kappa shape index (κ2) is 3.14. The fraction of sp³-hybridized carbons (Fsp3) is 0.333. The van der Waals surface area contributed by atoms with Crippen LogP contribution < -0.4 is 11.2 Å². The Kier molecular flexibility index (Phi) is 2.11. The van der Waals surface area contributed by atoms with Gasteiger partial charge in [0.05, 0.1) is 6.10 Å². The number of hydrogen-bond donors (Lipinski definition) is 2. The van der Waals surface area contributed by atoms with Gasteiger partial charge in [-0.1, -0.05) is 24.3 Å². The summed E-state index contributed by atoms with van der Waals surface area (Å²) in [6, 6.07) is 7.52. The lowest BCUT2D eigenvalue weighted by Gasteiger charge is -2.15. The second-order valence-corrected chi connectivity index (χ2v) is 3.40. The first kappa shape index (κ1) is 8.75. The molecule has 0 fully saturated rings. The van der Waals surface area contributed by atoms with Crippen LogP contribution in [0.4, 0.5) is 0 Å². The highest BCUT2D eigenvalue weighted by Gasteiger charge is 2.36. The molecule has 2 rings (SSSR count). The van der Waals surface area contributed by atoms with Crippen LogP contribution in [0.3, 0.4) is 0 Å². The average molecular weight is 177 g/mol. The minimum absolute atomic E-state index is 0.0988. The van der Waals surface area contributed by atoms with Crippen LogP contribution in [0.5, 0.6) is 0 Å². The van der Waals surface area contributed by atoms with Crippen molar-refractivity contribution in [1.82, 2.24) is 0 Å². The molecule has 0 aliphatic carbocycles. The summed E-state index contributed by atoms with van der Waals surface area (Å²) in [4.78, 5) is 0. The van der Waals surface area contributed by atoms with Gasteiger partial charge in [-0.2, -0.15) is 0 Å². The zero-order valence-corrected chi connectivity index (χ0v) is 7.47. The van der Waals surface area contributed by atoms with Crippen LogP contribution in [0.2, 0.25) is 0 Å². The summed E-state index contributed by atoms with van der Waals surface area (Å²) in [7, 11) is -0.813. The molecule has 0 spiro atoms. The average Bonchev–Trinajstić information content (AvgIpc) is 2.45. The molecule has 0 amide bonds. The molecule has 3 nitrogen and oxygen atoms in total. The highest BCUT2D eigenvalue weighted by molar-refractivity contribution is 6.61. The Labute approximate surface area is 77.7 Å². The molecular formula is C9H12BNO2. The van der Waals surface area contributed by atoms with Gasteiger partial charge >= 0.3 is 7.12 Å². The Morgan fingerprint density at radius 2 is 2.23 bits per heavy atom. The van der Waals surface area contributed by atoms with Crippen molar-refractivity contribution >= 4 is 12.6 Å². The molecule has 0 bridgehead atoms. The largest absolute Gasteiger partial charge is 0.492 e. The van der Waals surface area contributed by atoms with Gasteiger partial charge in [-0.05, 0) is 17.9 Å². The number of benzene rings is 1. The van der Waals surface area contributed by atoms with Crippen LogP contribution >= 0.6 is 0 Å². The van der Waals surface area contributed by atoms with E-state index in [0.717, 1.165) is 11.0 Å². The van der Waals surface area contributed by atoms with Crippen molar-refractivity contribution in [2.45, 2.75) is 19.1 Å². The first-order valence-corrected chi connectivity index (χ1v) is 4.38. The molecule has 13 heavy (non-hydrogen) atoms. The fourth-order valence-corrected chi connectivity index (χ4v) is 1.69. The van der Waals surface area contributed by atoms with Gasteiger partial charge in [0.1, 0.15) is 0 Å². The lowest BCUT2D eigenvalue weighted by atomic mass is 9.79. The third kappa shape index (κ3) is 1.37. The highest BCUT2D eigenvalue weighted by atomic mass is 16.5. The summed E-state index contributed by atoms with van der Waals surface area (Å²) < 4.78 is 5.32. The molecule has 68 valence electrons. The SMILES string of the molecule is C[C@H](N)C1OB(O)c2ccccc21. The van der Waals surface area contributed by atoms with Crippen molar-refractivity contribution in [3.63, 3.8) is 0 Å². The molecule has 1 aliphatic heterocycles. The third-order valence-corrected chi connectivity index (χ3v) is 2.32. The van der Waals surface area contributed by atoms with E-state index in [2.05, 4.69) is 0 Å². The maximum absolute atomic E-state index is 9.52. The second-order valence-electron chi connectivity index (χ2n) is 3.40. The van der Waals surface area contributed by atoms with Gasteiger partial charge in [0.15, 0.2) is 0 Å². The minimum atomic E-state index is -0.813. The molecule has 0 saturated heterocycles. The van der Waals surface area contributed by atoms with Crippen LogP contribution in [-0.2, 0) is 4.65 Å². The van der Waals surface area contributed by atoms with Crippen LogP contribution in [0.15, 0.2) is 24.3 Å². The summed E-state index contributed by atoms with van der Waals surface area (Å²) >= 11 is 0. The van der Waals surface area contributed by atoms with E-state index in [0.29, 0.717) is 0 Å². The molecule has 1 aliphatic rings. The Hall–Kier alpha value is -0.835. The summed E-state index contributed by atoms with van der Waals surface area (Å²) in [6.45, 7) is 1.87. The van der Waals surface area contributed by atoms with Crippen LogP contribution in [-0.4, -0.2) is 18.2 Å². The lowest BCUT2D eigenvalue weighted by molar-refractivity contribution is 0.168. The van der Waals surface area contributed by atoms with Crippen LogP contribution in [0.1, 0.15) is 18.6 Å². The maximum Gasteiger partial charge on any atom is 0.492 e. The number of hydrogen-bond acceptors (Lipinski definition) is 3. The molecule has 1 aromatic rings. The Morgan fingerprint density at radius 3 is 2.92 bits per heavy atom. The van der Waals surface area contributed by atoms with E-state index in [1.165, 1.54) is 0 Å². The molecule has 2 atom stereocenters. The van der Waals surface area contributed by atoms with Crippen LogP contribution in [0, 0.1) is 0 Å². The normalized spacial score (nSPS) is 23.0. The third-order valence-electron chi connectivity index (χ3n) is 2.32. The van der Waals surface area contributed by atoms with Gasteiger partial charge in [-0.3, -0.25) is 0 Å². The molecule has 1 aromatic carbocycles. The van der Waals surface area contributed by atoms with Gasteiger partial charge in [0, 0.05) is 6.04 Å². The van der Waals surface area contributed by atoms with Crippen molar-refractivity contribution in [2.75, 3.05) is 0 Å². The molecule has 1 unspecified atom stereocenters. The fourth-order valence-electron chi connectivity index (χ4n) is 1.69. The molecule has 3 N–H and O–H groups in total. The van der Waals surface area contributed by atoms with E-state index in [1.54, 1.807) is 0 Å². The Morgan fingerprint density at radius 1 is 1.54 bits per heavy atom. The molecule has 4 heteroatoms. The first-order valence-electron chi connectivity index (χ1n) is 4.38. The van der Waals surface area contributed by atoms with E-state index in [4.69, 9.17) is 10.4 Å². The molecule has 1 heterocycles. The smallest absolute Gasteiger partial charge is 0.423 e. The van der Waals surface area contributed by atoms with E-state index in [1.807, 2.05) is 31.2 Å². The molecule has 0 aromatic heterocycles. The van der Waals surface area contributed by atoms with Gasteiger partial charge in [-0.25, -0.2) is 0 Å². The van der Waals surface area contributed by atoms with Crippen molar-refractivity contribution < 1.29 is 9.68 Å². The van der Waals surface area contributed by atoms with Crippen molar-refractivity contribution in [2.24, 2.45) is 5.73 Å². The minimum Gasteiger partial charge on any atom is -0.423 e. The summed E-state index contributed by atoms with van der Waals surface area (Å²) in [6.07, 6.45) is -0.175. The van der Waals surface area contributed by atoms with E-state index in [9.17, 15) is 5.02 Å². The van der Waals surface area contributed by atoms with Crippen molar-refractivity contribution in [1.29, 1.82) is 0 Å². The Balaban J connectivity index is 2.41. The highest BCUT2D eigenvalue weighted by Crippen LogP contribution is 2.24. The van der Waals surface area contributed by atoms with E-state index >= 15 is 0 Å². The van der Waals surface area contributed by atoms with Gasteiger partial charge in [0.2, 0.25) is 0 Å². The number of nitrogens with two attached hydrogens (primary N) is 1. The van der Waals surface area contributed by atoms with Crippen molar-refractivity contribution in [3.8, 4) is 0 Å². The molecule has 0 radical (unpaired) electrons. The van der Waals surface area contributed by atoms with Gasteiger partial charge in [-0.15, -0.1) is 0 Å². The van der Waals surface area contributed by atoms with E-state index in [-0.39, 0.29) is 12.1 Å². The monoisotopic (exact) mass is 177 g/mol. The quantitative estimate of drug-likeness (QED) is 0.583.